The molecular formula is C29H36FN9O7. The number of likely N-dealkylation sites (N-methyl/N-ethyl adjacent to an activating group) is 1. The highest BCUT2D eigenvalue weighted by molar-refractivity contribution is 5.95. The largest absolute Gasteiger partial charge is 0.493 e. The number of aromatic amines is 1. The molecule has 17 heteroatoms. The number of hydrogen-bond donors (Lipinski definition) is 6. The van der Waals surface area contributed by atoms with Crippen LogP contribution in [0.15, 0.2) is 59.7 Å². The van der Waals surface area contributed by atoms with E-state index in [0.29, 0.717) is 30.2 Å². The molecule has 4 aromatic rings. The zero-order chi connectivity index (χ0) is 34.4. The fraction of sp³-hybridized carbons (Fsp3) is 0.276. The van der Waals surface area contributed by atoms with Crippen LogP contribution in [0.1, 0.15) is 36.8 Å². The van der Waals surface area contributed by atoms with E-state index in [-0.39, 0.29) is 28.9 Å². The van der Waals surface area contributed by atoms with Crippen LogP contribution in [0.2, 0.25) is 0 Å². The number of methoxy groups -OCH3 is 1. The van der Waals surface area contributed by atoms with E-state index in [0.717, 1.165) is 18.5 Å². The SMILES string of the molecule is CC(=O)O.CC(=O)O.COc1cc(C(Nc2ccc(C(=N)N)cc2)c2nn(-c3ncccn3)c(=O)[nH]2)c(F)cc1OCCN(C)C. The van der Waals surface area contributed by atoms with E-state index in [4.69, 9.17) is 40.4 Å². The van der Waals surface area contributed by atoms with E-state index in [1.165, 1.54) is 31.6 Å². The lowest BCUT2D eigenvalue weighted by Crippen LogP contribution is -2.20. The van der Waals surface area contributed by atoms with E-state index in [1.54, 1.807) is 30.3 Å². The second-order valence-electron chi connectivity index (χ2n) is 9.56. The molecular weight excluding hydrogens is 605 g/mol. The Hall–Kier alpha value is -5.84. The third-order valence-corrected chi connectivity index (χ3v) is 5.55. The highest BCUT2D eigenvalue weighted by Gasteiger charge is 2.26. The van der Waals surface area contributed by atoms with Gasteiger partial charge in [-0.2, -0.15) is 0 Å². The van der Waals surface area contributed by atoms with E-state index in [1.807, 2.05) is 19.0 Å². The predicted octanol–water partition coefficient (Wildman–Crippen LogP) is 2.11. The minimum absolute atomic E-state index is 0.0623. The van der Waals surface area contributed by atoms with Crippen LogP contribution < -0.4 is 26.2 Å². The number of nitrogen functional groups attached to an aromatic ring is 1. The summed E-state index contributed by atoms with van der Waals surface area (Å²) in [5.74, 6) is -1.62. The van der Waals surface area contributed by atoms with Crippen LogP contribution in [-0.4, -0.2) is 92.0 Å². The number of halogens is 1. The van der Waals surface area contributed by atoms with Crippen LogP contribution in [0.5, 0.6) is 11.5 Å². The standard InChI is InChI=1S/C25H28FN9O3.2C2H4O2/c1-34(2)11-12-38-20-14-18(26)17(13-19(20)37-3)21(31-16-7-5-15(6-8-16)22(27)28)23-32-25(36)35(33-23)24-29-9-4-10-30-24;2*1-2(3)4/h4-10,13-14,21,31H,11-12H2,1-3H3,(H3,27,28)(H,32,33,36);2*1H3,(H,3,4). The van der Waals surface area contributed by atoms with E-state index < -0.39 is 29.5 Å². The maximum Gasteiger partial charge on any atom is 0.350 e. The molecule has 1 atom stereocenters. The topological polar surface area (TPSA) is 235 Å². The summed E-state index contributed by atoms with van der Waals surface area (Å²) in [6, 6.07) is 10.1. The normalized spacial score (nSPS) is 10.8. The Morgan fingerprint density at radius 3 is 2.22 bits per heavy atom. The van der Waals surface area contributed by atoms with Crippen molar-refractivity contribution in [3.05, 3.63) is 88.1 Å². The molecule has 0 saturated heterocycles. The lowest BCUT2D eigenvalue weighted by atomic mass is 10.0. The van der Waals surface area contributed by atoms with Crippen LogP contribution >= 0.6 is 0 Å². The smallest absolute Gasteiger partial charge is 0.350 e. The van der Waals surface area contributed by atoms with Crippen LogP contribution in [0.4, 0.5) is 10.1 Å². The van der Waals surface area contributed by atoms with Gasteiger partial charge in [-0.1, -0.05) is 0 Å². The van der Waals surface area contributed by atoms with Gasteiger partial charge in [0.2, 0.25) is 0 Å². The monoisotopic (exact) mass is 641 g/mol. The Labute approximate surface area is 263 Å². The minimum atomic E-state index is -0.958. The highest BCUT2D eigenvalue weighted by Crippen LogP contribution is 2.35. The molecule has 7 N–H and O–H groups in total. The number of rotatable bonds is 11. The maximum atomic E-state index is 15.6. The quantitative estimate of drug-likeness (QED) is 0.102. The Balaban J connectivity index is 0.000000825. The molecule has 16 nitrogen and oxygen atoms in total. The molecule has 0 fully saturated rings. The number of carboxylic acid groups (broad SMARTS) is 2. The summed E-state index contributed by atoms with van der Waals surface area (Å²) in [6.45, 7) is 3.13. The zero-order valence-electron chi connectivity index (χ0n) is 25.8. The van der Waals surface area contributed by atoms with Crippen LogP contribution in [0.25, 0.3) is 5.95 Å². The number of hydrogen-bond acceptors (Lipinski definition) is 11. The first-order chi connectivity index (χ1) is 21.7. The second-order valence-corrected chi connectivity index (χ2v) is 9.56. The average Bonchev–Trinajstić information content (AvgIpc) is 3.37. The van der Waals surface area contributed by atoms with Crippen molar-refractivity contribution in [2.24, 2.45) is 5.73 Å². The summed E-state index contributed by atoms with van der Waals surface area (Å²) >= 11 is 0. The number of amidine groups is 1. The van der Waals surface area contributed by atoms with Crippen molar-refractivity contribution in [3.8, 4) is 17.4 Å². The molecule has 246 valence electrons. The highest BCUT2D eigenvalue weighted by atomic mass is 19.1. The van der Waals surface area contributed by atoms with E-state index >= 15 is 4.39 Å². The number of nitrogens with zero attached hydrogens (tertiary/aromatic N) is 5. The molecule has 0 aliphatic rings. The number of nitrogens with two attached hydrogens (primary N) is 1. The van der Waals surface area contributed by atoms with Gasteiger partial charge in [-0.3, -0.25) is 20.0 Å². The molecule has 0 saturated carbocycles. The van der Waals surface area contributed by atoms with Crippen LogP contribution in [0, 0.1) is 11.2 Å². The van der Waals surface area contributed by atoms with Gasteiger partial charge in [-0.25, -0.2) is 19.2 Å². The van der Waals surface area contributed by atoms with E-state index in [2.05, 4.69) is 25.4 Å². The number of carboxylic acids is 2. The molecule has 0 spiro atoms. The number of anilines is 1. The third-order valence-electron chi connectivity index (χ3n) is 5.55. The van der Waals surface area contributed by atoms with Gasteiger partial charge >= 0.3 is 5.69 Å². The van der Waals surface area contributed by atoms with Gasteiger partial charge in [-0.15, -0.1) is 9.78 Å². The number of aliphatic carboxylic acids is 2. The molecule has 46 heavy (non-hydrogen) atoms. The molecule has 2 aromatic heterocycles. The van der Waals surface area contributed by atoms with Crippen molar-refractivity contribution >= 4 is 23.5 Å². The molecule has 0 bridgehead atoms. The van der Waals surface area contributed by atoms with Gasteiger partial charge in [0, 0.05) is 55.7 Å². The lowest BCUT2D eigenvalue weighted by molar-refractivity contribution is -0.135. The van der Waals surface area contributed by atoms with Gasteiger partial charge in [-0.05, 0) is 50.5 Å². The molecule has 0 radical (unpaired) electrons. The van der Waals surface area contributed by atoms with Gasteiger partial charge < -0.3 is 35.6 Å². The number of ether oxygens (including phenoxy) is 2. The minimum Gasteiger partial charge on any atom is -0.493 e. The Bertz CT molecular complexity index is 1640. The number of aromatic nitrogens is 5. The first-order valence-electron chi connectivity index (χ1n) is 13.4. The van der Waals surface area contributed by atoms with Crippen molar-refractivity contribution in [2.75, 3.05) is 39.7 Å². The Morgan fingerprint density at radius 1 is 1.11 bits per heavy atom. The van der Waals surface area contributed by atoms with Gasteiger partial charge in [0.25, 0.3) is 17.9 Å². The van der Waals surface area contributed by atoms with Gasteiger partial charge in [0.15, 0.2) is 17.3 Å². The van der Waals surface area contributed by atoms with Crippen molar-refractivity contribution in [2.45, 2.75) is 19.9 Å². The fourth-order valence-electron chi connectivity index (χ4n) is 3.60. The Kier molecular flexibility index (Phi) is 13.8. The number of H-pyrrole nitrogens is 1. The van der Waals surface area contributed by atoms with Crippen molar-refractivity contribution in [1.82, 2.24) is 29.6 Å². The molecule has 2 heterocycles. The summed E-state index contributed by atoms with van der Waals surface area (Å²) in [4.78, 5) is 43.5. The lowest BCUT2D eigenvalue weighted by Gasteiger charge is -2.21. The molecule has 0 aliphatic heterocycles. The third kappa shape index (κ3) is 11.3. The molecule has 1 unspecified atom stereocenters. The van der Waals surface area contributed by atoms with Crippen molar-refractivity contribution in [3.63, 3.8) is 0 Å². The molecule has 4 rings (SSSR count). The average molecular weight is 642 g/mol. The van der Waals surface area contributed by atoms with Crippen molar-refractivity contribution in [1.29, 1.82) is 5.41 Å². The zero-order valence-corrected chi connectivity index (χ0v) is 25.8. The second kappa shape index (κ2) is 17.5. The van der Waals surface area contributed by atoms with Crippen LogP contribution in [0.3, 0.4) is 0 Å². The van der Waals surface area contributed by atoms with Gasteiger partial charge in [0.05, 0.1) is 7.11 Å². The summed E-state index contributed by atoms with van der Waals surface area (Å²) in [6.07, 6.45) is 2.96. The molecule has 0 aliphatic carbocycles. The number of nitrogens with one attached hydrogen (secondary N) is 3. The number of benzene rings is 2. The fourth-order valence-corrected chi connectivity index (χ4v) is 3.60. The predicted molar refractivity (Wildman–Crippen MR) is 166 cm³/mol. The summed E-state index contributed by atoms with van der Waals surface area (Å²) in [5, 5.41) is 30.0. The molecule has 2 aromatic carbocycles. The molecule has 0 amide bonds. The summed E-state index contributed by atoms with van der Waals surface area (Å²) < 4.78 is 27.8. The van der Waals surface area contributed by atoms with Gasteiger partial charge in [0.1, 0.15) is 24.3 Å². The summed E-state index contributed by atoms with van der Waals surface area (Å²) in [5.41, 5.74) is 6.20. The van der Waals surface area contributed by atoms with E-state index in [9.17, 15) is 4.79 Å². The van der Waals surface area contributed by atoms with Crippen LogP contribution in [-0.2, 0) is 9.59 Å². The maximum absolute atomic E-state index is 15.6. The number of carbonyl (C=O) groups is 2. The van der Waals surface area contributed by atoms with Crippen molar-refractivity contribution < 1.29 is 33.7 Å². The first-order valence-corrected chi connectivity index (χ1v) is 13.4. The summed E-state index contributed by atoms with van der Waals surface area (Å²) in [7, 11) is 5.27. The first kappa shape index (κ1) is 36.4. The Morgan fingerprint density at radius 2 is 1.70 bits per heavy atom.